The highest BCUT2D eigenvalue weighted by molar-refractivity contribution is 6.11. The number of phenols is 2. The van der Waals surface area contributed by atoms with Crippen LogP contribution in [0.4, 0.5) is 0 Å². The Kier molecular flexibility index (Phi) is 8.99. The number of aromatic hydroxyl groups is 2. The van der Waals surface area contributed by atoms with Crippen LogP contribution in [0.3, 0.4) is 0 Å². The van der Waals surface area contributed by atoms with Crippen LogP contribution in [0.5, 0.6) is 40.2 Å². The molecule has 0 aliphatic heterocycles. The Balaban J connectivity index is 1.90. The van der Waals surface area contributed by atoms with Crippen LogP contribution in [0.1, 0.15) is 31.8 Å². The van der Waals surface area contributed by atoms with Crippen molar-refractivity contribution in [3.8, 4) is 40.2 Å². The Morgan fingerprint density at radius 3 is 1.53 bits per heavy atom. The molecule has 9 heteroatoms. The lowest BCUT2D eigenvalue weighted by atomic mass is 10.0. The third-order valence-electron chi connectivity index (χ3n) is 5.61. The van der Waals surface area contributed by atoms with Crippen molar-refractivity contribution in [2.24, 2.45) is 0 Å². The maximum atomic E-state index is 12.9. The van der Waals surface area contributed by atoms with Crippen molar-refractivity contribution < 1.29 is 43.5 Å². The summed E-state index contributed by atoms with van der Waals surface area (Å²) < 4.78 is 26.1. The van der Waals surface area contributed by atoms with Crippen LogP contribution in [0.15, 0.2) is 54.6 Å². The summed E-state index contributed by atoms with van der Waals surface area (Å²) in [7, 11) is 7.14. The maximum Gasteiger partial charge on any atom is 0.193 e. The quantitative estimate of drug-likeness (QED) is 0.268. The van der Waals surface area contributed by atoms with Gasteiger partial charge in [0, 0.05) is 29.8 Å². The van der Waals surface area contributed by atoms with Gasteiger partial charge in [-0.15, -0.1) is 0 Å². The summed E-state index contributed by atoms with van der Waals surface area (Å²) in [4.78, 5) is 25.7. The van der Waals surface area contributed by atoms with Gasteiger partial charge in [-0.05, 0) is 35.9 Å². The summed E-state index contributed by atoms with van der Waals surface area (Å²) in [5.41, 5.74) is 1.16. The van der Waals surface area contributed by atoms with Crippen molar-refractivity contribution in [3.63, 3.8) is 0 Å². The Morgan fingerprint density at radius 1 is 0.605 bits per heavy atom. The SMILES string of the molecule is COc1cc(O)c(C(=O)/C=C/c2ccc(OC)c(/C=C/C(=O)c3c(O)cc(OC)cc3OC)c2)c(OC)c1. The third-order valence-corrected chi connectivity index (χ3v) is 5.61. The van der Waals surface area contributed by atoms with E-state index in [2.05, 4.69) is 0 Å². The molecule has 0 heterocycles. The zero-order chi connectivity index (χ0) is 27.8. The summed E-state index contributed by atoms with van der Waals surface area (Å²) >= 11 is 0. The molecule has 38 heavy (non-hydrogen) atoms. The first-order valence-corrected chi connectivity index (χ1v) is 11.3. The Hall–Kier alpha value is -4.92. The Morgan fingerprint density at radius 2 is 1.08 bits per heavy atom. The normalized spacial score (nSPS) is 11.0. The first kappa shape index (κ1) is 27.7. The smallest absolute Gasteiger partial charge is 0.193 e. The molecule has 0 radical (unpaired) electrons. The summed E-state index contributed by atoms with van der Waals surface area (Å²) in [6.07, 6.45) is 5.66. The van der Waals surface area contributed by atoms with Crippen molar-refractivity contribution in [2.45, 2.75) is 0 Å². The largest absolute Gasteiger partial charge is 0.507 e. The number of ketones is 2. The molecule has 9 nitrogen and oxygen atoms in total. The molecule has 0 amide bonds. The number of carbonyl (C=O) groups is 2. The van der Waals surface area contributed by atoms with Gasteiger partial charge in [-0.3, -0.25) is 9.59 Å². The molecule has 0 spiro atoms. The molecule has 0 fully saturated rings. The Labute approximate surface area is 220 Å². The highest BCUT2D eigenvalue weighted by Crippen LogP contribution is 2.35. The summed E-state index contributed by atoms with van der Waals surface area (Å²) in [6.45, 7) is 0. The van der Waals surface area contributed by atoms with E-state index in [1.165, 1.54) is 78.0 Å². The zero-order valence-corrected chi connectivity index (χ0v) is 21.6. The molecule has 3 rings (SSSR count). The molecule has 3 aromatic rings. The van der Waals surface area contributed by atoms with E-state index in [4.69, 9.17) is 23.7 Å². The molecule has 3 aromatic carbocycles. The molecule has 0 atom stereocenters. The molecular weight excluding hydrogens is 492 g/mol. The summed E-state index contributed by atoms with van der Waals surface area (Å²) in [5.74, 6) is -0.0216. The van der Waals surface area contributed by atoms with Crippen LogP contribution in [-0.4, -0.2) is 57.3 Å². The van der Waals surface area contributed by atoms with Gasteiger partial charge in [-0.25, -0.2) is 0 Å². The molecule has 0 bridgehead atoms. The lowest BCUT2D eigenvalue weighted by Crippen LogP contribution is -2.01. The van der Waals surface area contributed by atoms with Crippen LogP contribution < -0.4 is 23.7 Å². The van der Waals surface area contributed by atoms with Gasteiger partial charge < -0.3 is 33.9 Å². The predicted octanol–water partition coefficient (Wildman–Crippen LogP) is 4.93. The second-order valence-corrected chi connectivity index (χ2v) is 7.84. The second kappa shape index (κ2) is 12.4. The van der Waals surface area contributed by atoms with Crippen molar-refractivity contribution in [1.82, 2.24) is 0 Å². The van der Waals surface area contributed by atoms with Gasteiger partial charge in [-0.2, -0.15) is 0 Å². The number of rotatable bonds is 11. The number of carbonyl (C=O) groups excluding carboxylic acids is 2. The monoisotopic (exact) mass is 520 g/mol. The van der Waals surface area contributed by atoms with Crippen molar-refractivity contribution in [3.05, 3.63) is 76.9 Å². The third kappa shape index (κ3) is 6.07. The lowest BCUT2D eigenvalue weighted by molar-refractivity contribution is 0.103. The van der Waals surface area contributed by atoms with Crippen LogP contribution in [0.25, 0.3) is 12.2 Å². The van der Waals surface area contributed by atoms with E-state index < -0.39 is 11.6 Å². The average Bonchev–Trinajstić information content (AvgIpc) is 2.93. The van der Waals surface area contributed by atoms with E-state index in [1.54, 1.807) is 24.3 Å². The minimum Gasteiger partial charge on any atom is -0.507 e. The molecule has 0 aromatic heterocycles. The fourth-order valence-corrected chi connectivity index (χ4v) is 3.70. The fourth-order valence-electron chi connectivity index (χ4n) is 3.70. The topological polar surface area (TPSA) is 121 Å². The van der Waals surface area contributed by atoms with E-state index in [1.807, 2.05) is 0 Å². The number of phenolic OH excluding ortho intramolecular Hbond substituents is 2. The second-order valence-electron chi connectivity index (χ2n) is 7.84. The van der Waals surface area contributed by atoms with E-state index >= 15 is 0 Å². The van der Waals surface area contributed by atoms with Crippen LogP contribution in [0, 0.1) is 0 Å². The zero-order valence-electron chi connectivity index (χ0n) is 21.6. The first-order valence-electron chi connectivity index (χ1n) is 11.3. The van der Waals surface area contributed by atoms with Gasteiger partial charge in [0.25, 0.3) is 0 Å². The minimum absolute atomic E-state index is 0.00276. The van der Waals surface area contributed by atoms with Crippen molar-refractivity contribution in [1.29, 1.82) is 0 Å². The Bertz CT molecular complexity index is 1400. The van der Waals surface area contributed by atoms with Crippen LogP contribution in [0.2, 0.25) is 0 Å². The standard InChI is InChI=1S/C29H28O9/c1-34-19-13-23(32)28(26(15-19)37-4)21(30)9-6-17-7-11-25(36-3)18(12-17)8-10-22(31)29-24(33)14-20(35-2)16-27(29)38-5/h6-16,32-33H,1-5H3/b9-6+,10-8+. The molecule has 0 saturated heterocycles. The average molecular weight is 521 g/mol. The molecule has 0 saturated carbocycles. The van der Waals surface area contributed by atoms with Gasteiger partial charge in [0.05, 0.1) is 35.5 Å². The molecular formula is C29H28O9. The fraction of sp³-hybridized carbons (Fsp3) is 0.172. The van der Waals surface area contributed by atoms with E-state index in [9.17, 15) is 19.8 Å². The molecule has 0 unspecified atom stereocenters. The predicted molar refractivity (Wildman–Crippen MR) is 142 cm³/mol. The van der Waals surface area contributed by atoms with Crippen LogP contribution in [-0.2, 0) is 0 Å². The van der Waals surface area contributed by atoms with Crippen LogP contribution >= 0.6 is 0 Å². The van der Waals surface area contributed by atoms with E-state index in [0.717, 1.165) is 0 Å². The highest BCUT2D eigenvalue weighted by atomic mass is 16.5. The van der Waals surface area contributed by atoms with Crippen molar-refractivity contribution in [2.75, 3.05) is 35.5 Å². The number of benzene rings is 3. The molecule has 2 N–H and O–H groups in total. The number of methoxy groups -OCH3 is 5. The highest BCUT2D eigenvalue weighted by Gasteiger charge is 2.19. The van der Waals surface area contributed by atoms with Gasteiger partial charge in [-0.1, -0.05) is 12.1 Å². The van der Waals surface area contributed by atoms with Crippen molar-refractivity contribution >= 4 is 23.7 Å². The van der Waals surface area contributed by atoms with Gasteiger partial charge in [0.1, 0.15) is 51.4 Å². The lowest BCUT2D eigenvalue weighted by Gasteiger charge is -2.11. The number of hydrogen-bond donors (Lipinski definition) is 2. The number of allylic oxidation sites excluding steroid dienone is 2. The van der Waals surface area contributed by atoms with E-state index in [0.29, 0.717) is 28.4 Å². The number of hydrogen-bond acceptors (Lipinski definition) is 9. The minimum atomic E-state index is -0.498. The van der Waals surface area contributed by atoms with Gasteiger partial charge in [0.2, 0.25) is 0 Å². The number of ether oxygens (including phenoxy) is 5. The maximum absolute atomic E-state index is 12.9. The molecule has 198 valence electrons. The summed E-state index contributed by atoms with van der Waals surface area (Å²) in [5, 5.41) is 20.6. The molecule has 0 aliphatic carbocycles. The van der Waals surface area contributed by atoms with Gasteiger partial charge >= 0.3 is 0 Å². The van der Waals surface area contributed by atoms with Gasteiger partial charge in [0.15, 0.2) is 11.6 Å². The first-order chi connectivity index (χ1) is 18.3. The summed E-state index contributed by atoms with van der Waals surface area (Å²) in [6, 6.07) is 10.8. The molecule has 0 aliphatic rings. The van der Waals surface area contributed by atoms with E-state index in [-0.39, 0.29) is 34.1 Å².